The molecule has 4 heteroatoms. The van der Waals surface area contributed by atoms with Gasteiger partial charge in [-0.25, -0.2) is 0 Å². The fourth-order valence-electron chi connectivity index (χ4n) is 2.96. The quantitative estimate of drug-likeness (QED) is 0.885. The molecule has 0 spiro atoms. The van der Waals surface area contributed by atoms with Crippen molar-refractivity contribution in [2.24, 2.45) is 11.7 Å². The van der Waals surface area contributed by atoms with Crippen LogP contribution >= 0.6 is 27.5 Å². The molecule has 0 aromatic heterocycles. The highest BCUT2D eigenvalue weighted by molar-refractivity contribution is 9.10. The molecule has 106 valence electrons. The minimum atomic E-state index is 0.293. The van der Waals surface area contributed by atoms with Crippen LogP contribution in [0.4, 0.5) is 0 Å². The summed E-state index contributed by atoms with van der Waals surface area (Å²) in [5.41, 5.74) is 7.29. The molecule has 0 saturated carbocycles. The lowest BCUT2D eigenvalue weighted by atomic mass is 9.93. The van der Waals surface area contributed by atoms with E-state index in [0.717, 1.165) is 28.5 Å². The highest BCUT2D eigenvalue weighted by Gasteiger charge is 2.26. The molecule has 0 amide bonds. The molecule has 2 nitrogen and oxygen atoms in total. The van der Waals surface area contributed by atoms with Crippen molar-refractivity contribution < 1.29 is 0 Å². The second kappa shape index (κ2) is 7.07. The summed E-state index contributed by atoms with van der Waals surface area (Å²) >= 11 is 9.64. The molecule has 0 aliphatic carbocycles. The Labute approximate surface area is 129 Å². The predicted molar refractivity (Wildman–Crippen MR) is 85.5 cm³/mol. The summed E-state index contributed by atoms with van der Waals surface area (Å²) < 4.78 is 1.06. The number of halogens is 2. The van der Waals surface area contributed by atoms with Crippen molar-refractivity contribution in [2.75, 3.05) is 19.6 Å². The van der Waals surface area contributed by atoms with E-state index in [1.54, 1.807) is 0 Å². The highest BCUT2D eigenvalue weighted by atomic mass is 79.9. The Hall–Kier alpha value is -0.0900. The van der Waals surface area contributed by atoms with Gasteiger partial charge < -0.3 is 5.73 Å². The van der Waals surface area contributed by atoms with Crippen molar-refractivity contribution in [1.82, 2.24) is 4.90 Å². The van der Waals surface area contributed by atoms with E-state index >= 15 is 0 Å². The van der Waals surface area contributed by atoms with Crippen LogP contribution in [0.25, 0.3) is 0 Å². The number of piperidine rings is 1. The van der Waals surface area contributed by atoms with Crippen molar-refractivity contribution >= 4 is 27.5 Å². The second-order valence-corrected chi connectivity index (χ2v) is 6.62. The first-order chi connectivity index (χ1) is 9.15. The van der Waals surface area contributed by atoms with Gasteiger partial charge in [0.25, 0.3) is 0 Å². The summed E-state index contributed by atoms with van der Waals surface area (Å²) in [7, 11) is 0. The summed E-state index contributed by atoms with van der Waals surface area (Å²) in [6.45, 7) is 5.24. The third-order valence-electron chi connectivity index (χ3n) is 4.11. The minimum Gasteiger partial charge on any atom is -0.329 e. The average molecular weight is 346 g/mol. The molecule has 1 aromatic rings. The van der Waals surface area contributed by atoms with Gasteiger partial charge in [0.2, 0.25) is 0 Å². The van der Waals surface area contributed by atoms with Crippen LogP contribution in [0.15, 0.2) is 22.7 Å². The van der Waals surface area contributed by atoms with E-state index in [0.29, 0.717) is 12.6 Å². The standard InChI is InChI=1S/C15H22BrClN2/c1-2-11-4-3-7-19(10-11)15(9-18)13-6-5-12(17)8-14(13)16/h5-6,8,11,15H,2-4,7,9-10,18H2,1H3. The van der Waals surface area contributed by atoms with E-state index in [2.05, 4.69) is 33.8 Å². The van der Waals surface area contributed by atoms with Gasteiger partial charge in [-0.05, 0) is 43.0 Å². The van der Waals surface area contributed by atoms with E-state index in [9.17, 15) is 0 Å². The van der Waals surface area contributed by atoms with Crippen LogP contribution in [-0.2, 0) is 0 Å². The summed E-state index contributed by atoms with van der Waals surface area (Å²) in [4.78, 5) is 2.53. The maximum Gasteiger partial charge on any atom is 0.0481 e. The van der Waals surface area contributed by atoms with Gasteiger partial charge in [0.1, 0.15) is 0 Å². The maximum absolute atomic E-state index is 6.03. The van der Waals surface area contributed by atoms with Gasteiger partial charge in [-0.3, -0.25) is 4.90 Å². The number of rotatable bonds is 4. The van der Waals surface area contributed by atoms with Crippen LogP contribution in [-0.4, -0.2) is 24.5 Å². The van der Waals surface area contributed by atoms with Gasteiger partial charge in [-0.2, -0.15) is 0 Å². The Bertz CT molecular complexity index is 425. The first-order valence-electron chi connectivity index (χ1n) is 7.04. The number of benzene rings is 1. The average Bonchev–Trinajstić information content (AvgIpc) is 2.42. The smallest absolute Gasteiger partial charge is 0.0481 e. The Morgan fingerprint density at radius 1 is 1.53 bits per heavy atom. The summed E-state index contributed by atoms with van der Waals surface area (Å²) in [6, 6.07) is 6.30. The second-order valence-electron chi connectivity index (χ2n) is 5.33. The molecule has 1 heterocycles. The van der Waals surface area contributed by atoms with Crippen LogP contribution in [0.3, 0.4) is 0 Å². The number of hydrogen-bond donors (Lipinski definition) is 1. The molecule has 2 unspecified atom stereocenters. The zero-order valence-corrected chi connectivity index (χ0v) is 13.8. The van der Waals surface area contributed by atoms with E-state index in [1.807, 2.05) is 12.1 Å². The number of nitrogens with two attached hydrogens (primary N) is 1. The first kappa shape index (κ1) is 15.3. The van der Waals surface area contributed by atoms with Crippen LogP contribution in [0, 0.1) is 5.92 Å². The lowest BCUT2D eigenvalue weighted by molar-refractivity contribution is 0.124. The van der Waals surface area contributed by atoms with Crippen molar-refractivity contribution in [3.63, 3.8) is 0 Å². The zero-order chi connectivity index (χ0) is 13.8. The van der Waals surface area contributed by atoms with Crippen molar-refractivity contribution in [1.29, 1.82) is 0 Å². The molecule has 2 rings (SSSR count). The minimum absolute atomic E-state index is 0.293. The van der Waals surface area contributed by atoms with Crippen molar-refractivity contribution in [2.45, 2.75) is 32.2 Å². The van der Waals surface area contributed by atoms with Crippen molar-refractivity contribution in [3.05, 3.63) is 33.3 Å². The number of hydrogen-bond acceptors (Lipinski definition) is 2. The molecule has 0 bridgehead atoms. The number of likely N-dealkylation sites (tertiary alicyclic amines) is 1. The monoisotopic (exact) mass is 344 g/mol. The molecule has 0 radical (unpaired) electrons. The Morgan fingerprint density at radius 3 is 2.95 bits per heavy atom. The SMILES string of the molecule is CCC1CCCN(C(CN)c2ccc(Cl)cc2Br)C1. The van der Waals surface area contributed by atoms with Gasteiger partial charge in [0.05, 0.1) is 0 Å². The lowest BCUT2D eigenvalue weighted by Gasteiger charge is -2.38. The fourth-order valence-corrected chi connectivity index (χ4v) is 3.90. The third-order valence-corrected chi connectivity index (χ3v) is 5.04. The normalized spacial score (nSPS) is 22.4. The Kier molecular flexibility index (Phi) is 5.70. The van der Waals surface area contributed by atoms with Gasteiger partial charge in [0.15, 0.2) is 0 Å². The fraction of sp³-hybridized carbons (Fsp3) is 0.600. The predicted octanol–water partition coefficient (Wildman–Crippen LogP) is 4.22. The molecule has 1 fully saturated rings. The summed E-state index contributed by atoms with van der Waals surface area (Å²) in [5.74, 6) is 0.814. The largest absolute Gasteiger partial charge is 0.329 e. The zero-order valence-electron chi connectivity index (χ0n) is 11.4. The molecular formula is C15H22BrClN2. The van der Waals surface area contributed by atoms with Crippen LogP contribution in [0.5, 0.6) is 0 Å². The van der Waals surface area contributed by atoms with Gasteiger partial charge in [0, 0.05) is 28.6 Å². The van der Waals surface area contributed by atoms with Crippen LogP contribution in [0.2, 0.25) is 5.02 Å². The van der Waals surface area contributed by atoms with Gasteiger partial charge in [-0.1, -0.05) is 46.9 Å². The van der Waals surface area contributed by atoms with Crippen LogP contribution in [0.1, 0.15) is 37.8 Å². The molecule has 1 aliphatic heterocycles. The molecule has 1 aliphatic rings. The van der Waals surface area contributed by atoms with Gasteiger partial charge in [-0.15, -0.1) is 0 Å². The molecular weight excluding hydrogens is 324 g/mol. The molecule has 2 N–H and O–H groups in total. The lowest BCUT2D eigenvalue weighted by Crippen LogP contribution is -2.41. The number of nitrogens with zero attached hydrogens (tertiary/aromatic N) is 1. The van der Waals surface area contributed by atoms with E-state index in [1.165, 1.54) is 24.8 Å². The summed E-state index contributed by atoms with van der Waals surface area (Å²) in [6.07, 6.45) is 3.89. The first-order valence-corrected chi connectivity index (χ1v) is 8.21. The molecule has 2 atom stereocenters. The van der Waals surface area contributed by atoms with Crippen molar-refractivity contribution in [3.8, 4) is 0 Å². The van der Waals surface area contributed by atoms with Crippen LogP contribution < -0.4 is 5.73 Å². The van der Waals surface area contributed by atoms with E-state index in [-0.39, 0.29) is 0 Å². The Balaban J connectivity index is 2.19. The molecule has 19 heavy (non-hydrogen) atoms. The molecule has 1 aromatic carbocycles. The third kappa shape index (κ3) is 3.72. The topological polar surface area (TPSA) is 29.3 Å². The summed E-state index contributed by atoms with van der Waals surface area (Å²) in [5, 5.41) is 0.761. The maximum atomic E-state index is 6.03. The Morgan fingerprint density at radius 2 is 2.32 bits per heavy atom. The van der Waals surface area contributed by atoms with E-state index < -0.39 is 0 Å². The van der Waals surface area contributed by atoms with E-state index in [4.69, 9.17) is 17.3 Å². The highest BCUT2D eigenvalue weighted by Crippen LogP contribution is 2.32. The van der Waals surface area contributed by atoms with Gasteiger partial charge >= 0.3 is 0 Å². The molecule has 1 saturated heterocycles.